The Kier molecular flexibility index (Phi) is 4.15. The summed E-state index contributed by atoms with van der Waals surface area (Å²) in [5.41, 5.74) is 7.23. The highest BCUT2D eigenvalue weighted by Gasteiger charge is 2.19. The molecule has 0 aliphatic heterocycles. The molecule has 0 saturated carbocycles. The molecule has 3 N–H and O–H groups in total. The second kappa shape index (κ2) is 5.18. The number of ether oxygens (including phenoxy) is 1. The topological polar surface area (TPSA) is 72.5 Å². The van der Waals surface area contributed by atoms with E-state index >= 15 is 0 Å². The second-order valence-electron chi connectivity index (χ2n) is 3.49. The molecule has 16 heavy (non-hydrogen) atoms. The van der Waals surface area contributed by atoms with Gasteiger partial charge in [-0.15, -0.1) is 0 Å². The van der Waals surface area contributed by atoms with E-state index in [0.29, 0.717) is 16.3 Å². The molecule has 5 heteroatoms. The Hall–Kier alpha value is -1.26. The molecule has 0 amide bonds. The van der Waals surface area contributed by atoms with Crippen LogP contribution in [0.1, 0.15) is 23.6 Å². The minimum atomic E-state index is -0.950. The smallest absolute Gasteiger partial charge is 0.305 e. The van der Waals surface area contributed by atoms with Crippen LogP contribution in [0.3, 0.4) is 0 Å². The van der Waals surface area contributed by atoms with Gasteiger partial charge in [0, 0.05) is 16.6 Å². The highest BCUT2D eigenvalue weighted by molar-refractivity contribution is 6.31. The summed E-state index contributed by atoms with van der Waals surface area (Å²) in [6.45, 7) is 1.79. The third kappa shape index (κ3) is 2.65. The molecule has 0 saturated heterocycles. The molecular weight excluding hydrogens is 230 g/mol. The van der Waals surface area contributed by atoms with E-state index in [9.17, 15) is 4.79 Å². The minimum Gasteiger partial charge on any atom is -0.496 e. The maximum absolute atomic E-state index is 10.6. The van der Waals surface area contributed by atoms with E-state index in [2.05, 4.69) is 0 Å². The monoisotopic (exact) mass is 243 g/mol. The zero-order valence-corrected chi connectivity index (χ0v) is 9.91. The number of carboxylic acid groups (broad SMARTS) is 1. The van der Waals surface area contributed by atoms with Gasteiger partial charge in [0.15, 0.2) is 0 Å². The Bertz CT molecular complexity index is 406. The standard InChI is InChI=1S/C11H14ClNO3/c1-6-7(12)3-4-9(16-2)11(6)8(13)5-10(14)15/h3-4,8H,5,13H2,1-2H3,(H,14,15). The Morgan fingerprint density at radius 1 is 1.62 bits per heavy atom. The van der Waals surface area contributed by atoms with Crippen LogP contribution in [0.2, 0.25) is 5.02 Å². The van der Waals surface area contributed by atoms with Crippen molar-refractivity contribution in [3.05, 3.63) is 28.3 Å². The first kappa shape index (κ1) is 12.8. The molecule has 0 radical (unpaired) electrons. The number of hydrogen-bond acceptors (Lipinski definition) is 3. The van der Waals surface area contributed by atoms with Gasteiger partial charge in [-0.3, -0.25) is 4.79 Å². The van der Waals surface area contributed by atoms with Gasteiger partial charge in [-0.25, -0.2) is 0 Å². The largest absolute Gasteiger partial charge is 0.496 e. The van der Waals surface area contributed by atoms with Gasteiger partial charge in [0.2, 0.25) is 0 Å². The second-order valence-corrected chi connectivity index (χ2v) is 3.90. The van der Waals surface area contributed by atoms with Crippen LogP contribution in [0.15, 0.2) is 12.1 Å². The van der Waals surface area contributed by atoms with Gasteiger partial charge in [0.05, 0.1) is 13.5 Å². The highest BCUT2D eigenvalue weighted by Crippen LogP contribution is 2.33. The third-order valence-corrected chi connectivity index (χ3v) is 2.80. The van der Waals surface area contributed by atoms with Crippen molar-refractivity contribution in [3.63, 3.8) is 0 Å². The summed E-state index contributed by atoms with van der Waals surface area (Å²) < 4.78 is 5.15. The van der Waals surface area contributed by atoms with Crippen molar-refractivity contribution < 1.29 is 14.6 Å². The summed E-state index contributed by atoms with van der Waals surface area (Å²) in [5.74, 6) is -0.385. The summed E-state index contributed by atoms with van der Waals surface area (Å²) in [5, 5.41) is 9.27. The highest BCUT2D eigenvalue weighted by atomic mass is 35.5. The van der Waals surface area contributed by atoms with Crippen LogP contribution in [0.5, 0.6) is 5.75 Å². The maximum Gasteiger partial charge on any atom is 0.305 e. The number of aliphatic carboxylic acids is 1. The number of carbonyl (C=O) groups is 1. The van der Waals surface area contributed by atoms with Crippen molar-refractivity contribution in [2.24, 2.45) is 5.73 Å². The van der Waals surface area contributed by atoms with Gasteiger partial charge in [0.25, 0.3) is 0 Å². The Morgan fingerprint density at radius 2 is 2.25 bits per heavy atom. The van der Waals surface area contributed by atoms with Gasteiger partial charge < -0.3 is 15.6 Å². The summed E-state index contributed by atoms with van der Waals surface area (Å²) in [7, 11) is 1.51. The lowest BCUT2D eigenvalue weighted by Crippen LogP contribution is -2.17. The average molecular weight is 244 g/mol. The van der Waals surface area contributed by atoms with Crippen molar-refractivity contribution >= 4 is 17.6 Å². The van der Waals surface area contributed by atoms with Crippen LogP contribution in [0.25, 0.3) is 0 Å². The Balaban J connectivity index is 3.18. The number of halogens is 1. The molecule has 88 valence electrons. The summed E-state index contributed by atoms with van der Waals surface area (Å²) in [6.07, 6.45) is -0.155. The van der Waals surface area contributed by atoms with Crippen LogP contribution in [-0.4, -0.2) is 18.2 Å². The third-order valence-electron chi connectivity index (χ3n) is 2.39. The lowest BCUT2D eigenvalue weighted by molar-refractivity contribution is -0.137. The number of hydrogen-bond donors (Lipinski definition) is 2. The van der Waals surface area contributed by atoms with Crippen molar-refractivity contribution in [1.29, 1.82) is 0 Å². The van der Waals surface area contributed by atoms with Gasteiger partial charge in [-0.2, -0.15) is 0 Å². The fourth-order valence-corrected chi connectivity index (χ4v) is 1.77. The molecule has 0 fully saturated rings. The number of benzene rings is 1. The lowest BCUT2D eigenvalue weighted by atomic mass is 9.98. The number of methoxy groups -OCH3 is 1. The van der Waals surface area contributed by atoms with Gasteiger partial charge in [-0.05, 0) is 24.6 Å². The van der Waals surface area contributed by atoms with E-state index in [1.807, 2.05) is 0 Å². The molecule has 1 atom stereocenters. The van der Waals surface area contributed by atoms with Crippen molar-refractivity contribution in [1.82, 2.24) is 0 Å². The zero-order chi connectivity index (χ0) is 12.3. The Labute approximate surface area is 99.0 Å². The summed E-state index contributed by atoms with van der Waals surface area (Å²) >= 11 is 5.96. The molecule has 1 aromatic rings. The van der Waals surface area contributed by atoms with E-state index < -0.39 is 12.0 Å². The van der Waals surface area contributed by atoms with Crippen molar-refractivity contribution in [3.8, 4) is 5.75 Å². The number of nitrogens with two attached hydrogens (primary N) is 1. The number of rotatable bonds is 4. The predicted molar refractivity (Wildman–Crippen MR) is 61.9 cm³/mol. The van der Waals surface area contributed by atoms with Gasteiger partial charge in [0.1, 0.15) is 5.75 Å². The van der Waals surface area contributed by atoms with Gasteiger partial charge in [-0.1, -0.05) is 11.6 Å². The van der Waals surface area contributed by atoms with Crippen LogP contribution in [-0.2, 0) is 4.79 Å². The van der Waals surface area contributed by atoms with E-state index in [1.54, 1.807) is 19.1 Å². The summed E-state index contributed by atoms with van der Waals surface area (Å²) in [4.78, 5) is 10.6. The van der Waals surface area contributed by atoms with Crippen LogP contribution >= 0.6 is 11.6 Å². The van der Waals surface area contributed by atoms with Crippen LogP contribution in [0, 0.1) is 6.92 Å². The molecule has 1 aromatic carbocycles. The van der Waals surface area contributed by atoms with Crippen molar-refractivity contribution in [2.45, 2.75) is 19.4 Å². The molecule has 1 rings (SSSR count). The zero-order valence-electron chi connectivity index (χ0n) is 9.16. The number of carboxylic acids is 1. The molecule has 4 nitrogen and oxygen atoms in total. The van der Waals surface area contributed by atoms with E-state index in [0.717, 1.165) is 5.56 Å². The molecule has 0 bridgehead atoms. The van der Waals surface area contributed by atoms with Crippen molar-refractivity contribution in [2.75, 3.05) is 7.11 Å². The van der Waals surface area contributed by atoms with Crippen LogP contribution < -0.4 is 10.5 Å². The van der Waals surface area contributed by atoms with E-state index in [-0.39, 0.29) is 6.42 Å². The minimum absolute atomic E-state index is 0.155. The first-order valence-electron chi connectivity index (χ1n) is 4.77. The average Bonchev–Trinajstić information content (AvgIpc) is 2.20. The molecule has 0 heterocycles. The van der Waals surface area contributed by atoms with E-state index in [4.69, 9.17) is 27.2 Å². The fraction of sp³-hybridized carbons (Fsp3) is 0.364. The van der Waals surface area contributed by atoms with Crippen LogP contribution in [0.4, 0.5) is 0 Å². The SMILES string of the molecule is COc1ccc(Cl)c(C)c1C(N)CC(=O)O. The summed E-state index contributed by atoms with van der Waals surface area (Å²) in [6, 6.07) is 2.77. The first-order valence-corrected chi connectivity index (χ1v) is 5.15. The molecule has 1 unspecified atom stereocenters. The fourth-order valence-electron chi connectivity index (χ4n) is 1.61. The molecule has 0 aliphatic carbocycles. The predicted octanol–water partition coefficient (Wildman–Crippen LogP) is 2.13. The molecular formula is C11H14ClNO3. The maximum atomic E-state index is 10.6. The normalized spacial score (nSPS) is 12.2. The molecule has 0 aliphatic rings. The lowest BCUT2D eigenvalue weighted by Gasteiger charge is -2.17. The van der Waals surface area contributed by atoms with E-state index in [1.165, 1.54) is 7.11 Å². The Morgan fingerprint density at radius 3 is 2.75 bits per heavy atom. The molecule has 0 aromatic heterocycles. The quantitative estimate of drug-likeness (QED) is 0.850. The first-order chi connectivity index (χ1) is 7.47. The molecule has 0 spiro atoms. The van der Waals surface area contributed by atoms with Gasteiger partial charge >= 0.3 is 5.97 Å².